The normalized spacial score (nSPS) is 14.2. The van der Waals surface area contributed by atoms with Gasteiger partial charge in [0.2, 0.25) is 5.91 Å². The van der Waals surface area contributed by atoms with E-state index in [1.807, 2.05) is 20.8 Å². The quantitative estimate of drug-likeness (QED) is 0.623. The smallest absolute Gasteiger partial charge is 0.262 e. The standard InChI is InChI=1S/C20H27N3O4/c1-19(2,3)18(27)22-10-9-21-15(24)12-7-8-13-14(11-12)17(26)23(16(13)25)20(4,5)6/h7-8,11H,9-10H2,1-6H3,(H,21,24)(H,22,27). The summed E-state index contributed by atoms with van der Waals surface area (Å²) < 4.78 is 0. The molecule has 0 fully saturated rings. The van der Waals surface area contributed by atoms with Crippen LogP contribution in [-0.2, 0) is 4.79 Å². The Balaban J connectivity index is 2.03. The molecule has 0 aliphatic carbocycles. The van der Waals surface area contributed by atoms with Gasteiger partial charge in [-0.15, -0.1) is 0 Å². The fourth-order valence-electron chi connectivity index (χ4n) is 2.71. The van der Waals surface area contributed by atoms with Crippen LogP contribution in [0.1, 0.15) is 72.6 Å². The molecule has 0 aromatic heterocycles. The number of carbonyl (C=O) groups excluding carboxylic acids is 4. The van der Waals surface area contributed by atoms with Gasteiger partial charge in [0.15, 0.2) is 0 Å². The second-order valence-electron chi connectivity index (χ2n) is 8.64. The summed E-state index contributed by atoms with van der Waals surface area (Å²) in [5, 5.41) is 5.45. The van der Waals surface area contributed by atoms with E-state index in [1.54, 1.807) is 20.8 Å². The molecule has 2 rings (SSSR count). The van der Waals surface area contributed by atoms with Crippen molar-refractivity contribution in [2.45, 2.75) is 47.1 Å². The van der Waals surface area contributed by atoms with Crippen molar-refractivity contribution >= 4 is 23.6 Å². The van der Waals surface area contributed by atoms with Crippen molar-refractivity contribution < 1.29 is 19.2 Å². The minimum atomic E-state index is -0.638. The molecule has 0 unspecified atom stereocenters. The lowest BCUT2D eigenvalue weighted by Crippen LogP contribution is -2.45. The molecule has 1 aliphatic heterocycles. The number of carbonyl (C=O) groups is 4. The molecule has 0 saturated carbocycles. The highest BCUT2D eigenvalue weighted by Gasteiger charge is 2.42. The summed E-state index contributed by atoms with van der Waals surface area (Å²) in [6, 6.07) is 4.49. The number of fused-ring (bicyclic) bond motifs is 1. The van der Waals surface area contributed by atoms with E-state index in [-0.39, 0.29) is 29.8 Å². The van der Waals surface area contributed by atoms with Crippen molar-refractivity contribution in [2.75, 3.05) is 13.1 Å². The van der Waals surface area contributed by atoms with Crippen LogP contribution < -0.4 is 10.6 Å². The zero-order valence-corrected chi connectivity index (χ0v) is 16.7. The summed E-state index contributed by atoms with van der Waals surface area (Å²) in [5.41, 5.74) is -0.281. The third kappa shape index (κ3) is 4.35. The summed E-state index contributed by atoms with van der Waals surface area (Å²) in [6.07, 6.45) is 0. The Bertz CT molecular complexity index is 800. The fraction of sp³-hybridized carbons (Fsp3) is 0.500. The van der Waals surface area contributed by atoms with E-state index in [9.17, 15) is 19.2 Å². The largest absolute Gasteiger partial charge is 0.354 e. The van der Waals surface area contributed by atoms with E-state index >= 15 is 0 Å². The topological polar surface area (TPSA) is 95.6 Å². The zero-order valence-electron chi connectivity index (χ0n) is 16.7. The predicted octanol–water partition coefficient (Wildman–Crippen LogP) is 1.97. The molecule has 4 amide bonds. The van der Waals surface area contributed by atoms with Crippen LogP contribution in [0.3, 0.4) is 0 Å². The van der Waals surface area contributed by atoms with Crippen LogP contribution >= 0.6 is 0 Å². The summed E-state index contributed by atoms with van der Waals surface area (Å²) in [7, 11) is 0. The van der Waals surface area contributed by atoms with Crippen molar-refractivity contribution in [3.05, 3.63) is 34.9 Å². The molecule has 1 aliphatic rings. The SMILES string of the molecule is CC(C)(C)C(=O)NCCNC(=O)c1ccc2c(c1)C(=O)N(C(C)(C)C)C2=O. The summed E-state index contributed by atoms with van der Waals surface area (Å²) in [4.78, 5) is 50.4. The number of nitrogens with one attached hydrogen (secondary N) is 2. The average Bonchev–Trinajstić information content (AvgIpc) is 2.80. The molecule has 0 spiro atoms. The molecule has 7 heteroatoms. The molecule has 2 N–H and O–H groups in total. The van der Waals surface area contributed by atoms with E-state index in [2.05, 4.69) is 10.6 Å². The van der Waals surface area contributed by atoms with E-state index in [0.717, 1.165) is 0 Å². The number of hydrogen-bond acceptors (Lipinski definition) is 4. The van der Waals surface area contributed by atoms with Crippen LogP contribution in [0.15, 0.2) is 18.2 Å². The molecule has 146 valence electrons. The molecule has 1 heterocycles. The van der Waals surface area contributed by atoms with Crippen molar-refractivity contribution in [3.8, 4) is 0 Å². The molecular formula is C20H27N3O4. The van der Waals surface area contributed by atoms with Gasteiger partial charge in [0.1, 0.15) is 0 Å². The average molecular weight is 373 g/mol. The third-order valence-corrected chi connectivity index (χ3v) is 4.20. The van der Waals surface area contributed by atoms with E-state index in [1.165, 1.54) is 23.1 Å². The Morgan fingerprint density at radius 3 is 2.00 bits per heavy atom. The fourth-order valence-corrected chi connectivity index (χ4v) is 2.71. The Hall–Kier alpha value is -2.70. The molecule has 27 heavy (non-hydrogen) atoms. The van der Waals surface area contributed by atoms with Gasteiger partial charge in [0.25, 0.3) is 17.7 Å². The second kappa shape index (κ2) is 7.13. The Kier molecular flexibility index (Phi) is 5.45. The first-order chi connectivity index (χ1) is 12.3. The molecular weight excluding hydrogens is 346 g/mol. The van der Waals surface area contributed by atoms with Crippen molar-refractivity contribution in [2.24, 2.45) is 5.41 Å². The lowest BCUT2D eigenvalue weighted by molar-refractivity contribution is -0.128. The molecule has 0 atom stereocenters. The number of amides is 4. The number of hydrogen-bond donors (Lipinski definition) is 2. The number of rotatable bonds is 4. The first-order valence-corrected chi connectivity index (χ1v) is 8.93. The first-order valence-electron chi connectivity index (χ1n) is 8.93. The minimum Gasteiger partial charge on any atom is -0.354 e. The van der Waals surface area contributed by atoms with Crippen LogP contribution in [0.5, 0.6) is 0 Å². The Labute approximate surface area is 159 Å². The minimum absolute atomic E-state index is 0.0966. The molecule has 1 aromatic rings. The monoisotopic (exact) mass is 373 g/mol. The van der Waals surface area contributed by atoms with Gasteiger partial charge < -0.3 is 10.6 Å². The third-order valence-electron chi connectivity index (χ3n) is 4.20. The first kappa shape index (κ1) is 20.6. The van der Waals surface area contributed by atoms with Crippen molar-refractivity contribution in [1.29, 1.82) is 0 Å². The van der Waals surface area contributed by atoms with Gasteiger partial charge in [0, 0.05) is 29.6 Å². The van der Waals surface area contributed by atoms with Gasteiger partial charge in [-0.05, 0) is 39.0 Å². The zero-order chi connectivity index (χ0) is 20.6. The summed E-state index contributed by atoms with van der Waals surface area (Å²) in [6.45, 7) is 11.4. The highest BCUT2D eigenvalue weighted by atomic mass is 16.2. The highest BCUT2D eigenvalue weighted by molar-refractivity contribution is 6.22. The van der Waals surface area contributed by atoms with Gasteiger partial charge in [-0.25, -0.2) is 0 Å². The van der Waals surface area contributed by atoms with Crippen molar-refractivity contribution in [1.82, 2.24) is 15.5 Å². The number of nitrogens with zero attached hydrogens (tertiary/aromatic N) is 1. The van der Waals surface area contributed by atoms with Crippen molar-refractivity contribution in [3.63, 3.8) is 0 Å². The summed E-state index contributed by atoms with van der Waals surface area (Å²) >= 11 is 0. The molecule has 7 nitrogen and oxygen atoms in total. The van der Waals surface area contributed by atoms with E-state index in [0.29, 0.717) is 17.7 Å². The van der Waals surface area contributed by atoms with E-state index in [4.69, 9.17) is 0 Å². The van der Waals surface area contributed by atoms with Gasteiger partial charge in [-0.1, -0.05) is 20.8 Å². The predicted molar refractivity (Wildman–Crippen MR) is 101 cm³/mol. The van der Waals surface area contributed by atoms with Crippen LogP contribution in [-0.4, -0.2) is 47.2 Å². The maximum Gasteiger partial charge on any atom is 0.262 e. The Morgan fingerprint density at radius 2 is 1.44 bits per heavy atom. The van der Waals surface area contributed by atoms with Gasteiger partial charge in [-0.2, -0.15) is 0 Å². The molecule has 0 radical (unpaired) electrons. The van der Waals surface area contributed by atoms with Gasteiger partial charge in [0.05, 0.1) is 11.1 Å². The van der Waals surface area contributed by atoms with Crippen LogP contribution in [0.4, 0.5) is 0 Å². The van der Waals surface area contributed by atoms with Crippen LogP contribution in [0.2, 0.25) is 0 Å². The molecule has 1 aromatic carbocycles. The van der Waals surface area contributed by atoms with E-state index < -0.39 is 16.9 Å². The lowest BCUT2D eigenvalue weighted by Gasteiger charge is -2.29. The maximum absolute atomic E-state index is 12.6. The molecule has 0 saturated heterocycles. The maximum atomic E-state index is 12.6. The highest BCUT2D eigenvalue weighted by Crippen LogP contribution is 2.29. The number of imide groups is 1. The second-order valence-corrected chi connectivity index (χ2v) is 8.64. The number of benzene rings is 1. The molecule has 0 bridgehead atoms. The lowest BCUT2D eigenvalue weighted by atomic mass is 9.96. The van der Waals surface area contributed by atoms with Crippen LogP contribution in [0.25, 0.3) is 0 Å². The van der Waals surface area contributed by atoms with Gasteiger partial charge >= 0.3 is 0 Å². The van der Waals surface area contributed by atoms with Crippen LogP contribution in [0, 0.1) is 5.41 Å². The van der Waals surface area contributed by atoms with Gasteiger partial charge in [-0.3, -0.25) is 24.1 Å². The summed E-state index contributed by atoms with van der Waals surface area (Å²) in [5.74, 6) is -1.20. The Morgan fingerprint density at radius 1 is 0.889 bits per heavy atom.